The first-order valence-electron chi connectivity index (χ1n) is 8.15. The third-order valence-electron chi connectivity index (χ3n) is 4.05. The molecule has 0 aliphatic heterocycles. The van der Waals surface area contributed by atoms with Crippen molar-refractivity contribution in [1.29, 1.82) is 10.0 Å². The second-order valence-electron chi connectivity index (χ2n) is 6.18. The van der Waals surface area contributed by atoms with Crippen molar-refractivity contribution in [1.82, 2.24) is 14.8 Å². The van der Waals surface area contributed by atoms with Crippen LogP contribution in [-0.4, -0.2) is 20.0 Å². The number of H-pyrrole nitrogens is 1. The molecule has 3 aromatic rings. The van der Waals surface area contributed by atoms with Gasteiger partial charge < -0.3 is 0 Å². The fraction of sp³-hybridized carbons (Fsp3) is 0.211. The predicted molar refractivity (Wildman–Crippen MR) is 103 cm³/mol. The summed E-state index contributed by atoms with van der Waals surface area (Å²) in [6.07, 6.45) is 1.66. The van der Waals surface area contributed by atoms with Gasteiger partial charge in [-0.1, -0.05) is 36.7 Å². The summed E-state index contributed by atoms with van der Waals surface area (Å²) in [6, 6.07) is 12.6. The van der Waals surface area contributed by atoms with Gasteiger partial charge in [0.25, 0.3) is 5.56 Å². The number of aromatic amines is 1. The summed E-state index contributed by atoms with van der Waals surface area (Å²) in [6.45, 7) is 5.85. The van der Waals surface area contributed by atoms with Crippen LogP contribution in [0.4, 0.5) is 0 Å². The molecule has 2 heterocycles. The van der Waals surface area contributed by atoms with Crippen LogP contribution in [-0.2, 0) is 10.7 Å². The maximum atomic E-state index is 12.9. The molecule has 0 unspecified atom stereocenters. The predicted octanol–water partition coefficient (Wildman–Crippen LogP) is 3.56. The van der Waals surface area contributed by atoms with E-state index in [0.29, 0.717) is 16.9 Å². The minimum Gasteiger partial charge on any atom is -0.293 e. The van der Waals surface area contributed by atoms with Gasteiger partial charge >= 0.3 is 0 Å². The first-order chi connectivity index (χ1) is 12.4. The van der Waals surface area contributed by atoms with Crippen LogP contribution in [0.3, 0.4) is 0 Å². The van der Waals surface area contributed by atoms with Gasteiger partial charge in [-0.15, -0.1) is 0 Å². The summed E-state index contributed by atoms with van der Waals surface area (Å²) in [4.78, 5) is 18.1. The van der Waals surface area contributed by atoms with Crippen molar-refractivity contribution in [2.75, 3.05) is 0 Å². The Labute approximate surface area is 154 Å². The zero-order valence-corrected chi connectivity index (χ0v) is 15.6. The number of nitrogens with zero attached hydrogens (tertiary/aromatic N) is 3. The van der Waals surface area contributed by atoms with Crippen molar-refractivity contribution in [2.45, 2.75) is 30.9 Å². The molecule has 0 fully saturated rings. The van der Waals surface area contributed by atoms with E-state index in [9.17, 15) is 4.79 Å². The smallest absolute Gasteiger partial charge is 0.280 e. The number of pyridine rings is 1. The summed E-state index contributed by atoms with van der Waals surface area (Å²) in [7, 11) is -0.624. The molecule has 0 aliphatic carbocycles. The number of aromatic nitrogens is 3. The molecule has 1 aromatic carbocycles. The second-order valence-corrected chi connectivity index (χ2v) is 8.27. The van der Waals surface area contributed by atoms with Crippen molar-refractivity contribution in [3.05, 3.63) is 64.2 Å². The topological polar surface area (TPSA) is 98.3 Å². The van der Waals surface area contributed by atoms with Gasteiger partial charge in [-0.25, -0.2) is 9.67 Å². The standard InChI is InChI=1S/C19H19N5OS/c1-12(2)26(21)16-8-9-17(22-11-16)24-19(25)18(13(3)23-24)15-6-4-14(10-20)5-7-15/h4-9,11-12,21,23H,1-3H3/t26-/m1/s1. The number of aryl methyl sites for hydroxylation is 1. The van der Waals surface area contributed by atoms with E-state index in [1.165, 1.54) is 4.68 Å². The highest BCUT2D eigenvalue weighted by molar-refractivity contribution is 7.86. The molecule has 0 radical (unpaired) electrons. The van der Waals surface area contributed by atoms with Crippen molar-refractivity contribution in [3.8, 4) is 23.0 Å². The fourth-order valence-corrected chi connectivity index (χ4v) is 3.59. The maximum Gasteiger partial charge on any atom is 0.280 e. The third kappa shape index (κ3) is 3.24. The second kappa shape index (κ2) is 7.10. The number of nitrogens with one attached hydrogen (secondary N) is 2. The summed E-state index contributed by atoms with van der Waals surface area (Å²) in [5.74, 6) is 0.488. The Hall–Kier alpha value is -2.98. The quantitative estimate of drug-likeness (QED) is 0.739. The highest BCUT2D eigenvalue weighted by Crippen LogP contribution is 2.20. The molecule has 2 N–H and O–H groups in total. The third-order valence-corrected chi connectivity index (χ3v) is 5.74. The molecular weight excluding hydrogens is 346 g/mol. The number of hydrogen-bond donors (Lipinski definition) is 2. The van der Waals surface area contributed by atoms with Crippen LogP contribution in [0, 0.1) is 23.0 Å². The van der Waals surface area contributed by atoms with E-state index >= 15 is 0 Å². The SMILES string of the molecule is Cc1[nH]n(-c2ccc([S@](=N)C(C)C)cn2)c(=O)c1-c1ccc(C#N)cc1. The molecule has 26 heavy (non-hydrogen) atoms. The molecule has 2 aromatic heterocycles. The van der Waals surface area contributed by atoms with Crippen molar-refractivity contribution < 1.29 is 0 Å². The Balaban J connectivity index is 2.01. The fourth-order valence-electron chi connectivity index (χ4n) is 2.67. The summed E-state index contributed by atoms with van der Waals surface area (Å²) >= 11 is 0. The minimum absolute atomic E-state index is 0.193. The van der Waals surface area contributed by atoms with Crippen LogP contribution in [0.1, 0.15) is 25.1 Å². The summed E-state index contributed by atoms with van der Waals surface area (Å²) in [5.41, 5.74) is 2.40. The Morgan fingerprint density at radius 3 is 2.46 bits per heavy atom. The van der Waals surface area contributed by atoms with Gasteiger partial charge in [0.2, 0.25) is 0 Å². The van der Waals surface area contributed by atoms with Gasteiger partial charge in [0, 0.05) is 22.0 Å². The lowest BCUT2D eigenvalue weighted by molar-refractivity contribution is 0.804. The van der Waals surface area contributed by atoms with E-state index < -0.39 is 10.7 Å². The lowest BCUT2D eigenvalue weighted by Gasteiger charge is -2.09. The molecule has 1 atom stereocenters. The Morgan fingerprint density at radius 2 is 1.92 bits per heavy atom. The minimum atomic E-state index is -0.624. The lowest BCUT2D eigenvalue weighted by atomic mass is 10.1. The Bertz CT molecular complexity index is 1050. The van der Waals surface area contributed by atoms with E-state index in [1.807, 2.05) is 26.8 Å². The lowest BCUT2D eigenvalue weighted by Crippen LogP contribution is -2.17. The van der Waals surface area contributed by atoms with Crippen molar-refractivity contribution in [2.24, 2.45) is 0 Å². The molecule has 132 valence electrons. The molecule has 0 bridgehead atoms. The van der Waals surface area contributed by atoms with Gasteiger partial charge in [-0.2, -0.15) is 5.26 Å². The molecular formula is C19H19N5OS. The number of nitriles is 1. The monoisotopic (exact) mass is 365 g/mol. The van der Waals surface area contributed by atoms with Crippen LogP contribution >= 0.6 is 0 Å². The van der Waals surface area contributed by atoms with Crippen LogP contribution in [0.15, 0.2) is 52.3 Å². The van der Waals surface area contributed by atoms with Crippen LogP contribution in [0.2, 0.25) is 0 Å². The Kier molecular flexibility index (Phi) is 4.87. The number of hydrogen-bond acceptors (Lipinski definition) is 4. The molecule has 6 nitrogen and oxygen atoms in total. The highest BCUT2D eigenvalue weighted by Gasteiger charge is 2.15. The summed E-state index contributed by atoms with van der Waals surface area (Å²) in [5, 5.41) is 12.2. The molecule has 0 amide bonds. The van der Waals surface area contributed by atoms with Crippen LogP contribution < -0.4 is 5.56 Å². The average Bonchev–Trinajstić information content (AvgIpc) is 2.95. The maximum absolute atomic E-state index is 12.9. The molecule has 7 heteroatoms. The van der Waals surface area contributed by atoms with Gasteiger partial charge in [-0.3, -0.25) is 14.7 Å². The molecule has 3 rings (SSSR count). The van der Waals surface area contributed by atoms with Gasteiger partial charge in [-0.05, 0) is 36.8 Å². The zero-order valence-electron chi connectivity index (χ0n) is 14.8. The number of rotatable bonds is 4. The molecule has 0 aliphatic rings. The van der Waals surface area contributed by atoms with Crippen molar-refractivity contribution in [3.63, 3.8) is 0 Å². The molecule has 0 spiro atoms. The Morgan fingerprint density at radius 1 is 1.23 bits per heavy atom. The van der Waals surface area contributed by atoms with E-state index in [-0.39, 0.29) is 10.8 Å². The zero-order chi connectivity index (χ0) is 18.8. The van der Waals surface area contributed by atoms with Crippen molar-refractivity contribution >= 4 is 10.7 Å². The largest absolute Gasteiger partial charge is 0.293 e. The van der Waals surface area contributed by atoms with Crippen LogP contribution in [0.25, 0.3) is 16.9 Å². The van der Waals surface area contributed by atoms with E-state index in [1.54, 1.807) is 36.5 Å². The van der Waals surface area contributed by atoms with Gasteiger partial charge in [0.15, 0.2) is 5.82 Å². The first-order valence-corrected chi connectivity index (χ1v) is 9.44. The normalized spacial score (nSPS) is 12.1. The molecule has 0 saturated heterocycles. The highest BCUT2D eigenvalue weighted by atomic mass is 32.2. The van der Waals surface area contributed by atoms with E-state index in [4.69, 9.17) is 10.0 Å². The average molecular weight is 365 g/mol. The van der Waals surface area contributed by atoms with Gasteiger partial charge in [0.1, 0.15) is 0 Å². The molecule has 0 saturated carbocycles. The van der Waals surface area contributed by atoms with Gasteiger partial charge in [0.05, 0.1) is 17.2 Å². The van der Waals surface area contributed by atoms with E-state index in [0.717, 1.165) is 16.2 Å². The number of benzene rings is 1. The summed E-state index contributed by atoms with van der Waals surface area (Å²) < 4.78 is 9.56. The first kappa shape index (κ1) is 17.8. The van der Waals surface area contributed by atoms with E-state index in [2.05, 4.69) is 16.2 Å². The van der Waals surface area contributed by atoms with Crippen LogP contribution in [0.5, 0.6) is 0 Å².